The fraction of sp³-hybridized carbons (Fsp3) is 0.375. The Hall–Kier alpha value is -1.32. The molecule has 0 saturated heterocycles. The number of ether oxygens (including phenoxy) is 1. The summed E-state index contributed by atoms with van der Waals surface area (Å²) in [5.74, 6) is 1.55. The van der Waals surface area contributed by atoms with Crippen molar-refractivity contribution in [3.63, 3.8) is 0 Å². The third kappa shape index (κ3) is 2.40. The predicted molar refractivity (Wildman–Crippen MR) is 80.0 cm³/mol. The summed E-state index contributed by atoms with van der Waals surface area (Å²) >= 11 is 1.84. The van der Waals surface area contributed by atoms with E-state index in [4.69, 9.17) is 4.74 Å². The quantitative estimate of drug-likeness (QED) is 0.923. The Balaban J connectivity index is 1.85. The Morgan fingerprint density at radius 2 is 2.16 bits per heavy atom. The molecule has 3 heteroatoms. The number of rotatable bonds is 3. The first-order valence-electron chi connectivity index (χ1n) is 6.71. The molecular formula is C16H19NOS. The Bertz CT molecular complexity index is 563. The molecule has 0 spiro atoms. The number of hydrogen-bond acceptors (Lipinski definition) is 3. The standard InChI is InChI=1S/C16H19NOS/c1-11-7-8-19-16(11)15(17-2)13-9-12-5-3-4-6-14(12)18-10-13/h3-8,13,15,17H,9-10H2,1-2H3. The van der Waals surface area contributed by atoms with Gasteiger partial charge < -0.3 is 10.1 Å². The molecule has 2 atom stereocenters. The number of thiophene rings is 1. The van der Waals surface area contributed by atoms with Gasteiger partial charge in [-0.2, -0.15) is 0 Å². The van der Waals surface area contributed by atoms with Gasteiger partial charge in [-0.3, -0.25) is 0 Å². The van der Waals surface area contributed by atoms with Gasteiger partial charge in [0.05, 0.1) is 6.61 Å². The number of hydrogen-bond donors (Lipinski definition) is 1. The van der Waals surface area contributed by atoms with Crippen LogP contribution >= 0.6 is 11.3 Å². The van der Waals surface area contributed by atoms with E-state index in [-0.39, 0.29) is 0 Å². The highest BCUT2D eigenvalue weighted by Crippen LogP contribution is 2.36. The maximum absolute atomic E-state index is 5.92. The second-order valence-corrected chi connectivity index (χ2v) is 6.06. The van der Waals surface area contributed by atoms with Gasteiger partial charge in [-0.15, -0.1) is 11.3 Å². The van der Waals surface area contributed by atoms with Crippen molar-refractivity contribution in [2.75, 3.05) is 13.7 Å². The second kappa shape index (κ2) is 5.35. The Labute approximate surface area is 118 Å². The molecule has 0 bridgehead atoms. The van der Waals surface area contributed by atoms with Crippen LogP contribution in [-0.4, -0.2) is 13.7 Å². The van der Waals surface area contributed by atoms with Crippen molar-refractivity contribution in [3.05, 3.63) is 51.7 Å². The molecule has 0 radical (unpaired) electrons. The van der Waals surface area contributed by atoms with Crippen LogP contribution in [0.1, 0.15) is 22.0 Å². The average Bonchev–Trinajstić information content (AvgIpc) is 2.86. The smallest absolute Gasteiger partial charge is 0.122 e. The van der Waals surface area contributed by atoms with Crippen LogP contribution in [-0.2, 0) is 6.42 Å². The summed E-state index contributed by atoms with van der Waals surface area (Å²) < 4.78 is 5.92. The predicted octanol–water partition coefficient (Wildman–Crippen LogP) is 3.57. The van der Waals surface area contributed by atoms with E-state index in [1.807, 2.05) is 24.5 Å². The van der Waals surface area contributed by atoms with Crippen molar-refractivity contribution in [2.24, 2.45) is 5.92 Å². The molecule has 1 aromatic carbocycles. The summed E-state index contributed by atoms with van der Waals surface area (Å²) in [5.41, 5.74) is 2.71. The molecule has 2 aromatic rings. The number of para-hydroxylation sites is 1. The van der Waals surface area contributed by atoms with Gasteiger partial charge in [0.25, 0.3) is 0 Å². The maximum Gasteiger partial charge on any atom is 0.122 e. The normalized spacial score (nSPS) is 19.6. The van der Waals surface area contributed by atoms with Gasteiger partial charge in [0.1, 0.15) is 5.75 Å². The number of nitrogens with one attached hydrogen (secondary N) is 1. The molecule has 1 aliphatic rings. The van der Waals surface area contributed by atoms with Gasteiger partial charge in [0.15, 0.2) is 0 Å². The first kappa shape index (κ1) is 12.7. The topological polar surface area (TPSA) is 21.3 Å². The Morgan fingerprint density at radius 1 is 1.32 bits per heavy atom. The van der Waals surface area contributed by atoms with E-state index >= 15 is 0 Å². The zero-order chi connectivity index (χ0) is 13.2. The van der Waals surface area contributed by atoms with Crippen LogP contribution in [0.15, 0.2) is 35.7 Å². The molecule has 1 aromatic heterocycles. The fourth-order valence-corrected chi connectivity index (χ4v) is 3.98. The first-order valence-corrected chi connectivity index (χ1v) is 7.59. The van der Waals surface area contributed by atoms with Gasteiger partial charge in [0.2, 0.25) is 0 Å². The second-order valence-electron chi connectivity index (χ2n) is 5.12. The van der Waals surface area contributed by atoms with Gasteiger partial charge in [-0.05, 0) is 49.0 Å². The average molecular weight is 273 g/mol. The van der Waals surface area contributed by atoms with Crippen molar-refractivity contribution >= 4 is 11.3 Å². The van der Waals surface area contributed by atoms with Gasteiger partial charge in [-0.25, -0.2) is 0 Å². The van der Waals surface area contributed by atoms with Crippen LogP contribution in [0.3, 0.4) is 0 Å². The van der Waals surface area contributed by atoms with E-state index in [1.165, 1.54) is 16.0 Å². The fourth-order valence-electron chi connectivity index (χ4n) is 2.85. The molecule has 3 rings (SSSR count). The van der Waals surface area contributed by atoms with E-state index in [1.54, 1.807) is 0 Å². The van der Waals surface area contributed by atoms with Crippen molar-refractivity contribution < 1.29 is 4.74 Å². The van der Waals surface area contributed by atoms with Gasteiger partial charge in [-0.1, -0.05) is 18.2 Å². The van der Waals surface area contributed by atoms with Crippen molar-refractivity contribution in [3.8, 4) is 5.75 Å². The first-order chi connectivity index (χ1) is 9.29. The van der Waals surface area contributed by atoms with Gasteiger partial charge >= 0.3 is 0 Å². The van der Waals surface area contributed by atoms with Crippen LogP contribution in [0.2, 0.25) is 0 Å². The molecule has 0 aliphatic carbocycles. The van der Waals surface area contributed by atoms with E-state index in [2.05, 4.69) is 41.9 Å². The zero-order valence-corrected chi connectivity index (χ0v) is 12.2. The Morgan fingerprint density at radius 3 is 2.89 bits per heavy atom. The molecule has 0 saturated carbocycles. The third-order valence-corrected chi connectivity index (χ3v) is 4.98. The molecule has 0 amide bonds. The molecule has 2 nitrogen and oxygen atoms in total. The minimum Gasteiger partial charge on any atom is -0.493 e. The SMILES string of the molecule is CNC(c1sccc1C)C1COc2ccccc2C1. The minimum atomic E-state index is 0.383. The summed E-state index contributed by atoms with van der Waals surface area (Å²) in [6, 6.07) is 11.0. The molecule has 0 fully saturated rings. The molecule has 2 heterocycles. The molecular weight excluding hydrogens is 254 g/mol. The summed E-state index contributed by atoms with van der Waals surface area (Å²) in [4.78, 5) is 1.44. The lowest BCUT2D eigenvalue weighted by Gasteiger charge is -2.31. The van der Waals surface area contributed by atoms with E-state index in [0.29, 0.717) is 12.0 Å². The molecule has 19 heavy (non-hydrogen) atoms. The molecule has 2 unspecified atom stereocenters. The molecule has 100 valence electrons. The van der Waals surface area contributed by atoms with Crippen molar-refractivity contribution in [1.82, 2.24) is 5.32 Å². The summed E-state index contributed by atoms with van der Waals surface area (Å²) in [6.45, 7) is 2.98. The van der Waals surface area contributed by atoms with Crippen LogP contribution in [0, 0.1) is 12.8 Å². The highest BCUT2D eigenvalue weighted by molar-refractivity contribution is 7.10. The Kier molecular flexibility index (Phi) is 3.58. The van der Waals surface area contributed by atoms with Crippen LogP contribution in [0.25, 0.3) is 0 Å². The van der Waals surface area contributed by atoms with E-state index < -0.39 is 0 Å². The highest BCUT2D eigenvalue weighted by Gasteiger charge is 2.28. The number of fused-ring (bicyclic) bond motifs is 1. The van der Waals surface area contributed by atoms with Crippen LogP contribution in [0.4, 0.5) is 0 Å². The lowest BCUT2D eigenvalue weighted by Crippen LogP contribution is -2.33. The minimum absolute atomic E-state index is 0.383. The molecule has 1 aliphatic heterocycles. The van der Waals surface area contributed by atoms with Crippen LogP contribution in [0.5, 0.6) is 5.75 Å². The third-order valence-electron chi connectivity index (χ3n) is 3.87. The maximum atomic E-state index is 5.92. The van der Waals surface area contributed by atoms with E-state index in [9.17, 15) is 0 Å². The lowest BCUT2D eigenvalue weighted by atomic mass is 9.89. The zero-order valence-electron chi connectivity index (χ0n) is 11.3. The van der Waals surface area contributed by atoms with Gasteiger partial charge in [0, 0.05) is 16.8 Å². The van der Waals surface area contributed by atoms with Crippen molar-refractivity contribution in [1.29, 1.82) is 0 Å². The lowest BCUT2D eigenvalue weighted by molar-refractivity contribution is 0.189. The van der Waals surface area contributed by atoms with Crippen LogP contribution < -0.4 is 10.1 Å². The largest absolute Gasteiger partial charge is 0.493 e. The summed E-state index contributed by atoms with van der Waals surface area (Å²) in [7, 11) is 2.05. The number of aryl methyl sites for hydroxylation is 1. The van der Waals surface area contributed by atoms with Crippen molar-refractivity contribution in [2.45, 2.75) is 19.4 Å². The molecule has 1 N–H and O–H groups in total. The van der Waals surface area contributed by atoms with E-state index in [0.717, 1.165) is 18.8 Å². The monoisotopic (exact) mass is 273 g/mol. The highest BCUT2D eigenvalue weighted by atomic mass is 32.1. The summed E-state index contributed by atoms with van der Waals surface area (Å²) in [5, 5.41) is 5.65. The number of benzene rings is 1. The summed E-state index contributed by atoms with van der Waals surface area (Å²) in [6.07, 6.45) is 1.08.